The Balaban J connectivity index is 1.97. The van der Waals surface area contributed by atoms with Crippen LogP contribution in [0, 0.1) is 0 Å². The van der Waals surface area contributed by atoms with Crippen LogP contribution in [0.1, 0.15) is 17.3 Å². The van der Waals surface area contributed by atoms with Crippen molar-refractivity contribution < 1.29 is 9.90 Å². The number of carbonyl (C=O) groups is 1. The minimum atomic E-state index is -0.317. The van der Waals surface area contributed by atoms with E-state index in [4.69, 9.17) is 0 Å². The molecule has 1 amide bonds. The Morgan fingerprint density at radius 3 is 3.00 bits per heavy atom. The fourth-order valence-electron chi connectivity index (χ4n) is 1.64. The molecule has 0 aliphatic heterocycles. The van der Waals surface area contributed by atoms with Gasteiger partial charge in [-0.25, -0.2) is 4.98 Å². The van der Waals surface area contributed by atoms with Gasteiger partial charge in [0.25, 0.3) is 5.91 Å². The quantitative estimate of drug-likeness (QED) is 0.836. The number of amides is 1. The van der Waals surface area contributed by atoms with Crippen LogP contribution in [0.15, 0.2) is 37.2 Å². The van der Waals surface area contributed by atoms with E-state index >= 15 is 0 Å². The summed E-state index contributed by atoms with van der Waals surface area (Å²) in [6.07, 6.45) is 7.91. The Labute approximate surface area is 104 Å². The second kappa shape index (κ2) is 5.31. The molecular weight excluding hydrogens is 232 g/mol. The third-order valence-electron chi connectivity index (χ3n) is 2.47. The lowest BCUT2D eigenvalue weighted by atomic mass is 10.2. The van der Waals surface area contributed by atoms with Gasteiger partial charge in [-0.05, 0) is 13.0 Å². The van der Waals surface area contributed by atoms with E-state index in [2.05, 4.69) is 15.3 Å². The molecule has 0 aliphatic carbocycles. The third-order valence-corrected chi connectivity index (χ3v) is 2.47. The highest BCUT2D eigenvalue weighted by atomic mass is 16.3. The summed E-state index contributed by atoms with van der Waals surface area (Å²) in [5, 5.41) is 12.3. The normalized spacial score (nSPS) is 12.1. The van der Waals surface area contributed by atoms with Gasteiger partial charge in [0, 0.05) is 31.2 Å². The van der Waals surface area contributed by atoms with Crippen molar-refractivity contribution in [2.45, 2.75) is 19.5 Å². The van der Waals surface area contributed by atoms with Gasteiger partial charge in [-0.1, -0.05) is 0 Å². The van der Waals surface area contributed by atoms with Crippen molar-refractivity contribution in [2.24, 2.45) is 0 Å². The van der Waals surface area contributed by atoms with Gasteiger partial charge in [0.15, 0.2) is 0 Å². The van der Waals surface area contributed by atoms with Gasteiger partial charge in [-0.3, -0.25) is 9.78 Å². The zero-order valence-corrected chi connectivity index (χ0v) is 9.95. The van der Waals surface area contributed by atoms with Crippen molar-refractivity contribution in [3.63, 3.8) is 0 Å². The predicted molar refractivity (Wildman–Crippen MR) is 65.1 cm³/mol. The molecule has 6 nitrogen and oxygen atoms in total. The lowest BCUT2D eigenvalue weighted by Gasteiger charge is -2.14. The number of pyridine rings is 1. The fraction of sp³-hybridized carbons (Fsp3) is 0.250. The Bertz CT molecular complexity index is 525. The number of nitrogens with zero attached hydrogens (tertiary/aromatic N) is 3. The molecule has 18 heavy (non-hydrogen) atoms. The molecule has 0 saturated heterocycles. The average molecular weight is 246 g/mol. The number of hydrogen-bond donors (Lipinski definition) is 2. The first-order chi connectivity index (χ1) is 8.66. The van der Waals surface area contributed by atoms with E-state index in [1.807, 2.05) is 17.7 Å². The van der Waals surface area contributed by atoms with Gasteiger partial charge in [0.2, 0.25) is 0 Å². The van der Waals surface area contributed by atoms with Crippen LogP contribution in [0.3, 0.4) is 0 Å². The number of imidazole rings is 1. The molecule has 94 valence electrons. The van der Waals surface area contributed by atoms with Gasteiger partial charge in [0.05, 0.1) is 18.1 Å². The highest BCUT2D eigenvalue weighted by Gasteiger charge is 2.13. The van der Waals surface area contributed by atoms with Crippen LogP contribution in [-0.4, -0.2) is 31.6 Å². The Morgan fingerprint density at radius 1 is 1.50 bits per heavy atom. The van der Waals surface area contributed by atoms with Gasteiger partial charge in [-0.2, -0.15) is 0 Å². The first-order valence-electron chi connectivity index (χ1n) is 5.56. The van der Waals surface area contributed by atoms with E-state index in [0.29, 0.717) is 6.54 Å². The van der Waals surface area contributed by atoms with Crippen molar-refractivity contribution in [1.29, 1.82) is 0 Å². The lowest BCUT2D eigenvalue weighted by molar-refractivity contribution is 0.0934. The molecular formula is C12H14N4O2. The van der Waals surface area contributed by atoms with Crippen LogP contribution in [0.25, 0.3) is 0 Å². The predicted octanol–water partition coefficient (Wildman–Crippen LogP) is 0.802. The van der Waals surface area contributed by atoms with Crippen LogP contribution in [0.4, 0.5) is 0 Å². The summed E-state index contributed by atoms with van der Waals surface area (Å²) in [6.45, 7) is 2.51. The van der Waals surface area contributed by atoms with E-state index in [1.165, 1.54) is 18.5 Å². The SMILES string of the molecule is CC(Cn1ccnc1)NC(=O)c1ccncc1O. The molecule has 2 rings (SSSR count). The number of aromatic nitrogens is 3. The molecule has 2 heterocycles. The summed E-state index contributed by atoms with van der Waals surface area (Å²) >= 11 is 0. The maximum absolute atomic E-state index is 11.9. The number of carbonyl (C=O) groups excluding carboxylic acids is 1. The van der Waals surface area contributed by atoms with Crippen LogP contribution in [-0.2, 0) is 6.54 Å². The van der Waals surface area contributed by atoms with Crippen molar-refractivity contribution in [2.75, 3.05) is 0 Å². The molecule has 2 N–H and O–H groups in total. The van der Waals surface area contributed by atoms with Gasteiger partial charge in [-0.15, -0.1) is 0 Å². The molecule has 0 spiro atoms. The van der Waals surface area contributed by atoms with Gasteiger partial charge in [0.1, 0.15) is 5.75 Å². The van der Waals surface area contributed by atoms with Crippen molar-refractivity contribution in [1.82, 2.24) is 19.9 Å². The molecule has 0 bridgehead atoms. The largest absolute Gasteiger partial charge is 0.505 e. The maximum atomic E-state index is 11.9. The molecule has 1 atom stereocenters. The molecule has 2 aromatic rings. The Kier molecular flexibility index (Phi) is 3.57. The van der Waals surface area contributed by atoms with E-state index in [0.717, 1.165) is 0 Å². The molecule has 0 radical (unpaired) electrons. The summed E-state index contributed by atoms with van der Waals surface area (Å²) in [4.78, 5) is 19.5. The zero-order valence-electron chi connectivity index (χ0n) is 9.95. The first-order valence-corrected chi connectivity index (χ1v) is 5.56. The smallest absolute Gasteiger partial charge is 0.255 e. The topological polar surface area (TPSA) is 80.0 Å². The fourth-order valence-corrected chi connectivity index (χ4v) is 1.64. The maximum Gasteiger partial charge on any atom is 0.255 e. The van der Waals surface area contributed by atoms with Crippen LogP contribution in [0.5, 0.6) is 5.75 Å². The first kappa shape index (κ1) is 12.1. The third kappa shape index (κ3) is 2.85. The number of hydrogen-bond acceptors (Lipinski definition) is 4. The van der Waals surface area contributed by atoms with Crippen molar-refractivity contribution in [3.05, 3.63) is 42.7 Å². The molecule has 0 saturated carbocycles. The Hall–Kier alpha value is -2.37. The minimum Gasteiger partial charge on any atom is -0.505 e. The molecule has 2 aromatic heterocycles. The summed E-state index contributed by atoms with van der Waals surface area (Å²) in [7, 11) is 0. The van der Waals surface area contributed by atoms with Crippen molar-refractivity contribution >= 4 is 5.91 Å². The van der Waals surface area contributed by atoms with Gasteiger partial charge >= 0.3 is 0 Å². The highest BCUT2D eigenvalue weighted by molar-refractivity contribution is 5.96. The van der Waals surface area contributed by atoms with E-state index in [9.17, 15) is 9.90 Å². The van der Waals surface area contributed by atoms with E-state index < -0.39 is 0 Å². The summed E-state index contributed by atoms with van der Waals surface area (Å²) in [6, 6.07) is 1.41. The number of nitrogens with one attached hydrogen (secondary N) is 1. The monoisotopic (exact) mass is 246 g/mol. The molecule has 0 aliphatic rings. The minimum absolute atomic E-state index is 0.0701. The number of rotatable bonds is 4. The molecule has 1 unspecified atom stereocenters. The second-order valence-electron chi connectivity index (χ2n) is 4.03. The van der Waals surface area contributed by atoms with E-state index in [1.54, 1.807) is 12.5 Å². The van der Waals surface area contributed by atoms with Crippen LogP contribution in [0.2, 0.25) is 0 Å². The summed E-state index contributed by atoms with van der Waals surface area (Å²) in [5.74, 6) is -0.438. The number of aromatic hydroxyl groups is 1. The molecule has 6 heteroatoms. The Morgan fingerprint density at radius 2 is 2.33 bits per heavy atom. The van der Waals surface area contributed by atoms with Crippen LogP contribution < -0.4 is 5.32 Å². The standard InChI is InChI=1S/C12H14N4O2/c1-9(7-16-5-4-14-8-16)15-12(18)10-2-3-13-6-11(10)17/h2-6,8-9,17H,7H2,1H3,(H,15,18). The second-order valence-corrected chi connectivity index (χ2v) is 4.03. The van der Waals surface area contributed by atoms with E-state index in [-0.39, 0.29) is 23.3 Å². The van der Waals surface area contributed by atoms with Gasteiger partial charge < -0.3 is 15.0 Å². The average Bonchev–Trinajstić information content (AvgIpc) is 2.82. The summed E-state index contributed by atoms with van der Waals surface area (Å²) < 4.78 is 1.87. The zero-order chi connectivity index (χ0) is 13.0. The van der Waals surface area contributed by atoms with Crippen molar-refractivity contribution in [3.8, 4) is 5.75 Å². The molecule has 0 aromatic carbocycles. The summed E-state index contributed by atoms with van der Waals surface area (Å²) in [5.41, 5.74) is 0.225. The highest BCUT2D eigenvalue weighted by Crippen LogP contribution is 2.13. The molecule has 0 fully saturated rings. The van der Waals surface area contributed by atoms with Crippen LogP contribution >= 0.6 is 0 Å². The lowest BCUT2D eigenvalue weighted by Crippen LogP contribution is -2.35.